The maximum absolute atomic E-state index is 11.9. The highest BCUT2D eigenvalue weighted by atomic mass is 16.5. The Morgan fingerprint density at radius 1 is 1.41 bits per heavy atom. The van der Waals surface area contributed by atoms with Crippen LogP contribution in [0.2, 0.25) is 0 Å². The number of H-pyrrole nitrogens is 1. The molecule has 0 bridgehead atoms. The predicted octanol–water partition coefficient (Wildman–Crippen LogP) is -0.507. The zero-order valence-corrected chi connectivity index (χ0v) is 9.51. The Morgan fingerprint density at radius 3 is 2.94 bits per heavy atom. The van der Waals surface area contributed by atoms with Crippen LogP contribution in [0.4, 0.5) is 5.95 Å². The molecule has 0 radical (unpaired) electrons. The maximum atomic E-state index is 11.9. The fraction of sp³-hybridized carbons (Fsp3) is 0.500. The molecule has 3 rings (SSSR count). The minimum atomic E-state index is -0.156. The topological polar surface area (TPSA) is 76.0 Å². The highest BCUT2D eigenvalue weighted by Gasteiger charge is 2.16. The summed E-state index contributed by atoms with van der Waals surface area (Å²) in [5.74, 6) is 0.574. The summed E-state index contributed by atoms with van der Waals surface area (Å²) < 4.78 is 6.93. The average Bonchev–Trinajstić information content (AvgIpc) is 2.73. The molecule has 2 aromatic rings. The van der Waals surface area contributed by atoms with Crippen molar-refractivity contribution in [3.63, 3.8) is 0 Å². The molecule has 0 unspecified atom stereocenters. The van der Waals surface area contributed by atoms with Gasteiger partial charge in [0.15, 0.2) is 11.2 Å². The van der Waals surface area contributed by atoms with E-state index in [1.54, 1.807) is 17.9 Å². The van der Waals surface area contributed by atoms with Crippen LogP contribution >= 0.6 is 0 Å². The molecule has 2 aromatic heterocycles. The summed E-state index contributed by atoms with van der Waals surface area (Å²) in [6.07, 6.45) is 1.59. The summed E-state index contributed by atoms with van der Waals surface area (Å²) in [6.45, 7) is 2.79. The minimum absolute atomic E-state index is 0.156. The van der Waals surface area contributed by atoms with Gasteiger partial charge in [-0.2, -0.15) is 4.98 Å². The SMILES string of the molecule is Cn1cnc2nc(N3CCOCC3)[nH]c(=O)c21. The summed E-state index contributed by atoms with van der Waals surface area (Å²) in [7, 11) is 1.78. The van der Waals surface area contributed by atoms with E-state index in [9.17, 15) is 4.79 Å². The van der Waals surface area contributed by atoms with Crippen molar-refractivity contribution in [2.75, 3.05) is 31.2 Å². The monoisotopic (exact) mass is 235 g/mol. The normalized spacial score (nSPS) is 16.6. The number of nitrogens with zero attached hydrogens (tertiary/aromatic N) is 4. The molecule has 0 amide bonds. The fourth-order valence-corrected chi connectivity index (χ4v) is 1.98. The Hall–Kier alpha value is -1.89. The van der Waals surface area contributed by atoms with Crippen molar-refractivity contribution < 1.29 is 4.74 Å². The second-order valence-electron chi connectivity index (χ2n) is 4.02. The number of aryl methyl sites for hydroxylation is 1. The summed E-state index contributed by atoms with van der Waals surface area (Å²) >= 11 is 0. The second kappa shape index (κ2) is 3.85. The Balaban J connectivity index is 2.09. The number of fused-ring (bicyclic) bond motifs is 1. The molecule has 7 nitrogen and oxygen atoms in total. The van der Waals surface area contributed by atoms with Crippen molar-refractivity contribution in [1.29, 1.82) is 0 Å². The highest BCUT2D eigenvalue weighted by molar-refractivity contribution is 5.70. The Labute approximate surface area is 97.0 Å². The van der Waals surface area contributed by atoms with E-state index in [1.165, 1.54) is 0 Å². The third kappa shape index (κ3) is 1.68. The molecule has 7 heteroatoms. The number of morpholine rings is 1. The molecule has 1 N–H and O–H groups in total. The molecule has 1 fully saturated rings. The van der Waals surface area contributed by atoms with Crippen LogP contribution in [0, 0.1) is 0 Å². The average molecular weight is 235 g/mol. The molecule has 0 aromatic carbocycles. The van der Waals surface area contributed by atoms with Crippen LogP contribution in [-0.2, 0) is 11.8 Å². The molecular weight excluding hydrogens is 222 g/mol. The highest BCUT2D eigenvalue weighted by Crippen LogP contribution is 2.11. The number of aromatic amines is 1. The van der Waals surface area contributed by atoms with E-state index in [0.29, 0.717) is 30.3 Å². The van der Waals surface area contributed by atoms with E-state index < -0.39 is 0 Å². The zero-order valence-electron chi connectivity index (χ0n) is 9.51. The van der Waals surface area contributed by atoms with Crippen molar-refractivity contribution in [3.05, 3.63) is 16.7 Å². The number of aromatic nitrogens is 4. The molecule has 1 aliphatic heterocycles. The Morgan fingerprint density at radius 2 is 2.18 bits per heavy atom. The molecule has 17 heavy (non-hydrogen) atoms. The first-order valence-corrected chi connectivity index (χ1v) is 5.50. The van der Waals surface area contributed by atoms with Gasteiger partial charge in [0, 0.05) is 20.1 Å². The number of ether oxygens (including phenoxy) is 1. The van der Waals surface area contributed by atoms with Crippen molar-refractivity contribution in [2.24, 2.45) is 7.05 Å². The van der Waals surface area contributed by atoms with Crippen molar-refractivity contribution >= 4 is 17.1 Å². The molecule has 0 atom stereocenters. The van der Waals surface area contributed by atoms with Crippen LogP contribution in [0.3, 0.4) is 0 Å². The third-order valence-corrected chi connectivity index (χ3v) is 2.88. The van der Waals surface area contributed by atoms with Gasteiger partial charge in [0.2, 0.25) is 5.95 Å². The molecule has 0 spiro atoms. The van der Waals surface area contributed by atoms with Gasteiger partial charge in [-0.3, -0.25) is 9.78 Å². The Kier molecular flexibility index (Phi) is 2.32. The Bertz CT molecular complexity index is 596. The molecule has 1 aliphatic rings. The van der Waals surface area contributed by atoms with Gasteiger partial charge >= 0.3 is 0 Å². The number of nitrogens with one attached hydrogen (secondary N) is 1. The molecule has 90 valence electrons. The van der Waals surface area contributed by atoms with E-state index in [4.69, 9.17) is 4.74 Å². The van der Waals surface area contributed by atoms with Crippen molar-refractivity contribution in [1.82, 2.24) is 19.5 Å². The second-order valence-corrected chi connectivity index (χ2v) is 4.02. The summed E-state index contributed by atoms with van der Waals surface area (Å²) in [4.78, 5) is 25.2. The van der Waals surface area contributed by atoms with Gasteiger partial charge in [-0.15, -0.1) is 0 Å². The van der Waals surface area contributed by atoms with Gasteiger partial charge in [0.25, 0.3) is 5.56 Å². The number of rotatable bonds is 1. The van der Waals surface area contributed by atoms with E-state index in [-0.39, 0.29) is 5.56 Å². The first-order valence-electron chi connectivity index (χ1n) is 5.50. The van der Waals surface area contributed by atoms with Crippen LogP contribution in [0.25, 0.3) is 11.2 Å². The first-order chi connectivity index (χ1) is 8.25. The van der Waals surface area contributed by atoms with Crippen LogP contribution in [0.15, 0.2) is 11.1 Å². The fourth-order valence-electron chi connectivity index (χ4n) is 1.98. The maximum Gasteiger partial charge on any atom is 0.278 e. The minimum Gasteiger partial charge on any atom is -0.378 e. The molecule has 1 saturated heterocycles. The smallest absolute Gasteiger partial charge is 0.278 e. The standard InChI is InChI=1S/C10H13N5O2/c1-14-6-11-8-7(14)9(16)13-10(12-8)15-2-4-17-5-3-15/h6H,2-5H2,1H3,(H,12,13,16). The summed E-state index contributed by atoms with van der Waals surface area (Å²) in [5.41, 5.74) is 0.830. The van der Waals surface area contributed by atoms with Crippen LogP contribution in [-0.4, -0.2) is 45.8 Å². The molecule has 3 heterocycles. The van der Waals surface area contributed by atoms with E-state index in [2.05, 4.69) is 15.0 Å². The lowest BCUT2D eigenvalue weighted by molar-refractivity contribution is 0.122. The van der Waals surface area contributed by atoms with E-state index in [1.807, 2.05) is 4.90 Å². The third-order valence-electron chi connectivity index (χ3n) is 2.88. The molecule has 0 aliphatic carbocycles. The summed E-state index contributed by atoms with van der Waals surface area (Å²) in [6, 6.07) is 0. The van der Waals surface area contributed by atoms with Gasteiger partial charge in [0.05, 0.1) is 19.5 Å². The number of hydrogen-bond donors (Lipinski definition) is 1. The molecular formula is C10H13N5O2. The van der Waals surface area contributed by atoms with Crippen LogP contribution < -0.4 is 10.5 Å². The van der Waals surface area contributed by atoms with E-state index >= 15 is 0 Å². The van der Waals surface area contributed by atoms with Gasteiger partial charge in [-0.25, -0.2) is 4.98 Å². The zero-order chi connectivity index (χ0) is 11.8. The van der Waals surface area contributed by atoms with Gasteiger partial charge in [0.1, 0.15) is 0 Å². The quantitative estimate of drug-likeness (QED) is 0.720. The van der Waals surface area contributed by atoms with Gasteiger partial charge in [-0.1, -0.05) is 0 Å². The predicted molar refractivity (Wildman–Crippen MR) is 62.2 cm³/mol. The lowest BCUT2D eigenvalue weighted by atomic mass is 10.4. The van der Waals surface area contributed by atoms with Gasteiger partial charge < -0.3 is 14.2 Å². The van der Waals surface area contributed by atoms with Crippen LogP contribution in [0.5, 0.6) is 0 Å². The number of hydrogen-bond acceptors (Lipinski definition) is 5. The number of anilines is 1. The van der Waals surface area contributed by atoms with E-state index in [0.717, 1.165) is 13.1 Å². The first kappa shape index (κ1) is 10.3. The number of imidazole rings is 1. The van der Waals surface area contributed by atoms with Gasteiger partial charge in [-0.05, 0) is 0 Å². The lowest BCUT2D eigenvalue weighted by Gasteiger charge is -2.26. The van der Waals surface area contributed by atoms with Crippen molar-refractivity contribution in [3.8, 4) is 0 Å². The lowest BCUT2D eigenvalue weighted by Crippen LogP contribution is -2.38. The largest absolute Gasteiger partial charge is 0.378 e. The van der Waals surface area contributed by atoms with Crippen LogP contribution in [0.1, 0.15) is 0 Å². The van der Waals surface area contributed by atoms with Crippen molar-refractivity contribution in [2.45, 2.75) is 0 Å². The summed E-state index contributed by atoms with van der Waals surface area (Å²) in [5, 5.41) is 0. The molecule has 0 saturated carbocycles.